The molecule has 2 aromatic heterocycles. The average molecular weight is 468 g/mol. The first-order valence-electron chi connectivity index (χ1n) is 10.6. The second kappa shape index (κ2) is 9.00. The van der Waals surface area contributed by atoms with E-state index in [4.69, 9.17) is 20.5 Å². The molecule has 0 radical (unpaired) electrons. The molecule has 2 aromatic carbocycles. The zero-order chi connectivity index (χ0) is 22.1. The van der Waals surface area contributed by atoms with Gasteiger partial charge >= 0.3 is 0 Å². The summed E-state index contributed by atoms with van der Waals surface area (Å²) in [6.07, 6.45) is 1.80. The van der Waals surface area contributed by atoms with E-state index in [0.717, 1.165) is 34.3 Å². The number of carbonyl (C=O) groups excluding carboxylic acids is 1. The van der Waals surface area contributed by atoms with Crippen LogP contribution in [0, 0.1) is 6.92 Å². The molecule has 0 N–H and O–H groups in total. The number of hydrogen-bond donors (Lipinski definition) is 0. The summed E-state index contributed by atoms with van der Waals surface area (Å²) >= 11 is 7.67. The van der Waals surface area contributed by atoms with Crippen molar-refractivity contribution in [1.82, 2.24) is 15.0 Å². The lowest BCUT2D eigenvalue weighted by Crippen LogP contribution is -2.39. The Bertz CT molecular complexity index is 1250. The van der Waals surface area contributed by atoms with Crippen LogP contribution in [0.25, 0.3) is 11.0 Å². The van der Waals surface area contributed by atoms with Gasteiger partial charge < -0.3 is 13.8 Å². The van der Waals surface area contributed by atoms with E-state index in [0.29, 0.717) is 41.3 Å². The third kappa shape index (κ3) is 4.27. The lowest BCUT2D eigenvalue weighted by atomic mass is 9.97. The normalized spacial score (nSPS) is 16.6. The number of carbonyl (C=O) groups is 1. The summed E-state index contributed by atoms with van der Waals surface area (Å²) in [7, 11) is 0. The van der Waals surface area contributed by atoms with Crippen LogP contribution in [-0.4, -0.2) is 34.0 Å². The zero-order valence-electron chi connectivity index (χ0n) is 17.6. The Balaban J connectivity index is 1.41. The summed E-state index contributed by atoms with van der Waals surface area (Å²) in [5.41, 5.74) is 1.64. The predicted octanol–water partition coefficient (Wildman–Crippen LogP) is 6.09. The summed E-state index contributed by atoms with van der Waals surface area (Å²) in [4.78, 5) is 20.9. The van der Waals surface area contributed by atoms with Gasteiger partial charge in [-0.2, -0.15) is 4.98 Å². The zero-order valence-corrected chi connectivity index (χ0v) is 19.2. The Morgan fingerprint density at radius 2 is 2.03 bits per heavy atom. The van der Waals surface area contributed by atoms with Gasteiger partial charge in [-0.1, -0.05) is 35.0 Å². The number of thioether (sulfide) groups is 1. The van der Waals surface area contributed by atoms with Gasteiger partial charge in [0.2, 0.25) is 5.89 Å². The number of halogens is 1. The van der Waals surface area contributed by atoms with Gasteiger partial charge in [0.25, 0.3) is 5.91 Å². The van der Waals surface area contributed by atoms with Crippen LogP contribution in [0.15, 0.2) is 62.4 Å². The second-order valence-corrected chi connectivity index (χ2v) is 9.40. The van der Waals surface area contributed by atoms with Crippen molar-refractivity contribution in [1.29, 1.82) is 0 Å². The van der Waals surface area contributed by atoms with Gasteiger partial charge in [-0.15, -0.1) is 11.8 Å². The first-order valence-corrected chi connectivity index (χ1v) is 11.9. The first kappa shape index (κ1) is 21.1. The molecule has 164 valence electrons. The number of piperidine rings is 1. The molecule has 32 heavy (non-hydrogen) atoms. The molecule has 1 saturated heterocycles. The molecule has 0 spiro atoms. The van der Waals surface area contributed by atoms with Crippen LogP contribution in [0.5, 0.6) is 0 Å². The number of likely N-dealkylation sites (tertiary alicyclic amines) is 1. The third-order valence-corrected chi connectivity index (χ3v) is 6.98. The maximum absolute atomic E-state index is 13.6. The standard InChI is InChI=1S/C24H22ClN3O3S/c1-15-26-23(31-27-15)16-5-4-12-28(13-16)24(29)22-20(19-6-2-3-7-21(19)30-22)14-32-18-10-8-17(25)9-11-18/h2-3,6-11,16H,4-5,12-14H2,1H3. The Kier molecular flexibility index (Phi) is 5.93. The molecule has 1 atom stereocenters. The highest BCUT2D eigenvalue weighted by Gasteiger charge is 2.32. The Labute approximate surface area is 194 Å². The fourth-order valence-electron chi connectivity index (χ4n) is 4.09. The van der Waals surface area contributed by atoms with Crippen molar-refractivity contribution in [2.24, 2.45) is 0 Å². The molecule has 3 heterocycles. The van der Waals surface area contributed by atoms with Gasteiger partial charge in [-0.05, 0) is 50.1 Å². The van der Waals surface area contributed by atoms with Crippen LogP contribution in [0.2, 0.25) is 5.02 Å². The number of aryl methyl sites for hydroxylation is 1. The molecule has 1 amide bonds. The molecular weight excluding hydrogens is 446 g/mol. The van der Waals surface area contributed by atoms with Crippen LogP contribution < -0.4 is 0 Å². The molecule has 8 heteroatoms. The molecule has 0 saturated carbocycles. The Hall–Kier alpha value is -2.77. The van der Waals surface area contributed by atoms with Crippen LogP contribution in [0.4, 0.5) is 0 Å². The molecule has 1 unspecified atom stereocenters. The summed E-state index contributed by atoms with van der Waals surface area (Å²) < 4.78 is 11.5. The lowest BCUT2D eigenvalue weighted by Gasteiger charge is -2.30. The molecule has 6 nitrogen and oxygen atoms in total. The fraction of sp³-hybridized carbons (Fsp3) is 0.292. The minimum atomic E-state index is -0.0890. The van der Waals surface area contributed by atoms with Crippen molar-refractivity contribution in [3.05, 3.63) is 76.6 Å². The van der Waals surface area contributed by atoms with E-state index in [-0.39, 0.29) is 11.8 Å². The average Bonchev–Trinajstić information content (AvgIpc) is 3.42. The number of para-hydroxylation sites is 1. The topological polar surface area (TPSA) is 72.4 Å². The van der Waals surface area contributed by atoms with E-state index in [1.807, 2.05) is 53.4 Å². The minimum absolute atomic E-state index is 0.0465. The van der Waals surface area contributed by atoms with Gasteiger partial charge in [0, 0.05) is 39.7 Å². The lowest BCUT2D eigenvalue weighted by molar-refractivity contribution is 0.0665. The highest BCUT2D eigenvalue weighted by atomic mass is 35.5. The number of amides is 1. The van der Waals surface area contributed by atoms with E-state index in [1.54, 1.807) is 18.7 Å². The SMILES string of the molecule is Cc1noc(C2CCCN(C(=O)c3oc4ccccc4c3CSc3ccc(Cl)cc3)C2)n1. The van der Waals surface area contributed by atoms with Crippen molar-refractivity contribution in [2.45, 2.75) is 36.3 Å². The van der Waals surface area contributed by atoms with Crippen LogP contribution in [-0.2, 0) is 5.75 Å². The number of furan rings is 1. The van der Waals surface area contributed by atoms with Gasteiger partial charge in [-0.3, -0.25) is 4.79 Å². The second-order valence-electron chi connectivity index (χ2n) is 7.92. The molecule has 5 rings (SSSR count). The Morgan fingerprint density at radius 3 is 2.81 bits per heavy atom. The first-order chi connectivity index (χ1) is 15.6. The molecule has 0 bridgehead atoms. The number of rotatable bonds is 5. The van der Waals surface area contributed by atoms with E-state index < -0.39 is 0 Å². The van der Waals surface area contributed by atoms with Crippen molar-refractivity contribution < 1.29 is 13.7 Å². The minimum Gasteiger partial charge on any atom is -0.451 e. The number of fused-ring (bicyclic) bond motifs is 1. The van der Waals surface area contributed by atoms with Gasteiger partial charge in [0.05, 0.1) is 5.92 Å². The van der Waals surface area contributed by atoms with E-state index in [2.05, 4.69) is 10.1 Å². The fourth-order valence-corrected chi connectivity index (χ4v) is 5.14. The maximum Gasteiger partial charge on any atom is 0.289 e. The molecule has 1 aliphatic heterocycles. The Morgan fingerprint density at radius 1 is 1.22 bits per heavy atom. The van der Waals surface area contributed by atoms with Crippen LogP contribution in [0.1, 0.15) is 46.6 Å². The molecule has 1 fully saturated rings. The quantitative estimate of drug-likeness (QED) is 0.331. The molecule has 0 aliphatic carbocycles. The summed E-state index contributed by atoms with van der Waals surface area (Å²) in [5, 5.41) is 5.58. The number of hydrogen-bond acceptors (Lipinski definition) is 6. The summed E-state index contributed by atoms with van der Waals surface area (Å²) in [6.45, 7) is 3.03. The van der Waals surface area contributed by atoms with Crippen LogP contribution >= 0.6 is 23.4 Å². The smallest absolute Gasteiger partial charge is 0.289 e. The van der Waals surface area contributed by atoms with E-state index in [1.165, 1.54) is 0 Å². The van der Waals surface area contributed by atoms with Crippen molar-refractivity contribution >= 4 is 40.2 Å². The van der Waals surface area contributed by atoms with Gasteiger partial charge in [-0.25, -0.2) is 0 Å². The third-order valence-electron chi connectivity index (χ3n) is 5.69. The highest BCUT2D eigenvalue weighted by Crippen LogP contribution is 2.34. The maximum atomic E-state index is 13.6. The summed E-state index contributed by atoms with van der Waals surface area (Å²) in [6, 6.07) is 15.5. The molecule has 1 aliphatic rings. The monoisotopic (exact) mass is 467 g/mol. The van der Waals surface area contributed by atoms with Crippen molar-refractivity contribution in [2.75, 3.05) is 13.1 Å². The number of benzene rings is 2. The van der Waals surface area contributed by atoms with Crippen molar-refractivity contribution in [3.63, 3.8) is 0 Å². The van der Waals surface area contributed by atoms with Crippen molar-refractivity contribution in [3.8, 4) is 0 Å². The molecule has 4 aromatic rings. The van der Waals surface area contributed by atoms with Gasteiger partial charge in [0.15, 0.2) is 11.6 Å². The van der Waals surface area contributed by atoms with Crippen LogP contribution in [0.3, 0.4) is 0 Å². The summed E-state index contributed by atoms with van der Waals surface area (Å²) in [5.74, 6) is 2.21. The predicted molar refractivity (Wildman–Crippen MR) is 124 cm³/mol. The highest BCUT2D eigenvalue weighted by molar-refractivity contribution is 7.98. The van der Waals surface area contributed by atoms with E-state index in [9.17, 15) is 4.79 Å². The molecular formula is C24H22ClN3O3S. The number of aromatic nitrogens is 2. The number of nitrogens with zero attached hydrogens (tertiary/aromatic N) is 3. The van der Waals surface area contributed by atoms with Gasteiger partial charge in [0.1, 0.15) is 5.58 Å². The van der Waals surface area contributed by atoms with E-state index >= 15 is 0 Å². The largest absolute Gasteiger partial charge is 0.451 e.